The predicted octanol–water partition coefficient (Wildman–Crippen LogP) is 0.248. The number of anilines is 1. The maximum absolute atomic E-state index is 11.9. The van der Waals surface area contributed by atoms with Gasteiger partial charge in [0, 0.05) is 7.05 Å². The number of nitrogens with two attached hydrogens (primary N) is 1. The molecule has 110 valence electrons. The van der Waals surface area contributed by atoms with Crippen LogP contribution in [-0.2, 0) is 7.05 Å². The molecule has 2 atom stereocenters. The molecule has 5 heteroatoms. The van der Waals surface area contributed by atoms with Gasteiger partial charge in [-0.2, -0.15) is 0 Å². The first-order valence-electron chi connectivity index (χ1n) is 7.94. The van der Waals surface area contributed by atoms with Gasteiger partial charge in [-0.1, -0.05) is 0 Å². The summed E-state index contributed by atoms with van der Waals surface area (Å²) >= 11 is 0. The van der Waals surface area contributed by atoms with E-state index in [-0.39, 0.29) is 5.76 Å². The number of benzene rings is 1. The third-order valence-corrected chi connectivity index (χ3v) is 5.50. The average Bonchev–Trinajstić information content (AvgIpc) is 3.38. The first kappa shape index (κ1) is 11.9. The van der Waals surface area contributed by atoms with Crippen molar-refractivity contribution in [3.8, 4) is 0 Å². The van der Waals surface area contributed by atoms with Crippen molar-refractivity contribution >= 4 is 16.8 Å². The van der Waals surface area contributed by atoms with Crippen molar-refractivity contribution in [1.82, 2.24) is 4.57 Å². The Morgan fingerprint density at radius 3 is 2.67 bits per heavy atom. The highest BCUT2D eigenvalue weighted by atomic mass is 16.4. The van der Waals surface area contributed by atoms with E-state index in [1.165, 1.54) is 12.0 Å². The molecule has 2 saturated carbocycles. The highest BCUT2D eigenvalue weighted by Crippen LogP contribution is 2.73. The molecule has 21 heavy (non-hydrogen) atoms. The highest BCUT2D eigenvalue weighted by Gasteiger charge is 2.64. The van der Waals surface area contributed by atoms with E-state index in [2.05, 4.69) is 22.3 Å². The molecule has 3 aliphatic rings. The Labute approximate surface area is 122 Å². The number of nitrogens with zero attached hydrogens (tertiary/aromatic N) is 2. The van der Waals surface area contributed by atoms with Gasteiger partial charge >= 0.3 is 5.76 Å². The van der Waals surface area contributed by atoms with Gasteiger partial charge in [-0.15, -0.1) is 0 Å². The molecular weight excluding hydrogens is 266 g/mol. The van der Waals surface area contributed by atoms with Crippen molar-refractivity contribution in [2.45, 2.75) is 12.3 Å². The van der Waals surface area contributed by atoms with Crippen LogP contribution in [0.5, 0.6) is 0 Å². The Morgan fingerprint density at radius 2 is 2.00 bits per heavy atom. The maximum Gasteiger partial charge on any atom is 0.419 e. The third-order valence-electron chi connectivity index (χ3n) is 5.50. The Kier molecular flexibility index (Phi) is 2.21. The quantitative estimate of drug-likeness (QED) is 0.861. The number of hydrogen-bond donors (Lipinski definition) is 1. The molecule has 1 aromatic heterocycles. The topological polar surface area (TPSA) is 55.0 Å². The van der Waals surface area contributed by atoms with Crippen LogP contribution in [0.2, 0.25) is 0 Å². The summed E-state index contributed by atoms with van der Waals surface area (Å²) in [5.74, 6) is 2.34. The summed E-state index contributed by atoms with van der Waals surface area (Å²) in [7, 11) is 1.80. The van der Waals surface area contributed by atoms with E-state index < -0.39 is 0 Å². The Morgan fingerprint density at radius 1 is 1.24 bits per heavy atom. The van der Waals surface area contributed by atoms with Crippen LogP contribution in [0, 0.1) is 11.8 Å². The monoisotopic (exact) mass is 286 g/mol. The van der Waals surface area contributed by atoms with E-state index >= 15 is 0 Å². The highest BCUT2D eigenvalue weighted by molar-refractivity contribution is 5.88. The van der Waals surface area contributed by atoms with Crippen LogP contribution in [0.4, 0.5) is 5.69 Å². The lowest BCUT2D eigenvalue weighted by atomic mass is 10.0. The largest absolute Gasteiger partial charge is 0.419 e. The fraction of sp³-hybridized carbons (Fsp3) is 0.562. The summed E-state index contributed by atoms with van der Waals surface area (Å²) in [6.45, 7) is 4.26. The Bertz CT molecular complexity index is 777. The molecule has 1 aromatic carbocycles. The van der Waals surface area contributed by atoms with Gasteiger partial charge in [-0.3, -0.25) is 4.57 Å². The second-order valence-electron chi connectivity index (χ2n) is 6.76. The lowest BCUT2D eigenvalue weighted by Crippen LogP contribution is -2.89. The summed E-state index contributed by atoms with van der Waals surface area (Å²) < 4.78 is 7.18. The smallest absolute Gasteiger partial charge is 0.405 e. The van der Waals surface area contributed by atoms with Crippen molar-refractivity contribution in [1.29, 1.82) is 0 Å². The van der Waals surface area contributed by atoms with Gasteiger partial charge in [0.1, 0.15) is 0 Å². The van der Waals surface area contributed by atoms with Crippen LogP contribution in [0.3, 0.4) is 0 Å². The third kappa shape index (κ3) is 1.64. The van der Waals surface area contributed by atoms with Crippen LogP contribution in [0.15, 0.2) is 21.3 Å². The van der Waals surface area contributed by atoms with Crippen molar-refractivity contribution in [3.63, 3.8) is 0 Å². The average molecular weight is 286 g/mol. The zero-order valence-corrected chi connectivity index (χ0v) is 12.2. The zero-order valence-electron chi connectivity index (χ0n) is 12.2. The minimum Gasteiger partial charge on any atom is -0.405 e. The number of fused-ring (bicyclic) bond motifs is 2. The van der Waals surface area contributed by atoms with Crippen molar-refractivity contribution < 1.29 is 9.73 Å². The van der Waals surface area contributed by atoms with Crippen molar-refractivity contribution in [3.05, 3.63) is 28.2 Å². The van der Waals surface area contributed by atoms with E-state index in [1.807, 2.05) is 0 Å². The van der Waals surface area contributed by atoms with Gasteiger partial charge < -0.3 is 14.6 Å². The maximum atomic E-state index is 11.9. The lowest BCUT2D eigenvalue weighted by Gasteiger charge is -2.27. The van der Waals surface area contributed by atoms with E-state index in [0.29, 0.717) is 0 Å². The zero-order chi connectivity index (χ0) is 14.1. The molecule has 2 N–H and O–H groups in total. The normalized spacial score (nSPS) is 30.5. The van der Waals surface area contributed by atoms with Crippen LogP contribution in [-0.4, -0.2) is 30.7 Å². The molecular formula is C16H20N3O2+. The number of piperazine rings is 1. The fourth-order valence-electron chi connectivity index (χ4n) is 3.92. The number of oxazole rings is 1. The number of aromatic nitrogens is 1. The van der Waals surface area contributed by atoms with Gasteiger partial charge in [-0.05, 0) is 41.9 Å². The molecule has 5 rings (SSSR count). The molecule has 2 unspecified atom stereocenters. The summed E-state index contributed by atoms with van der Waals surface area (Å²) in [4.78, 5) is 14.3. The molecule has 0 spiro atoms. The molecule has 1 saturated heterocycles. The Balaban J connectivity index is 1.69. The second kappa shape index (κ2) is 3.91. The van der Waals surface area contributed by atoms with E-state index in [9.17, 15) is 4.79 Å². The summed E-state index contributed by atoms with van der Waals surface area (Å²) in [5.41, 5.74) is 4.25. The minimum absolute atomic E-state index is 0.257. The minimum atomic E-state index is -0.257. The van der Waals surface area contributed by atoms with Crippen LogP contribution in [0.25, 0.3) is 11.1 Å². The lowest BCUT2D eigenvalue weighted by molar-refractivity contribution is -0.655. The second-order valence-corrected chi connectivity index (χ2v) is 6.76. The van der Waals surface area contributed by atoms with E-state index in [1.54, 1.807) is 11.6 Å². The summed E-state index contributed by atoms with van der Waals surface area (Å²) in [6, 6.07) is 4.46. The first-order valence-corrected chi connectivity index (χ1v) is 7.94. The molecule has 3 fully saturated rings. The summed E-state index contributed by atoms with van der Waals surface area (Å²) in [6.07, 6.45) is 1.40. The SMILES string of the molecule is Cn1c(=O)oc2c(N3CC[NH2+]CC3)cc(C3C4CC43)cc21. The molecule has 2 aromatic rings. The van der Waals surface area contributed by atoms with Gasteiger partial charge in [0.15, 0.2) is 5.58 Å². The fourth-order valence-corrected chi connectivity index (χ4v) is 3.92. The van der Waals surface area contributed by atoms with Gasteiger partial charge in [0.05, 0.1) is 37.4 Å². The molecule has 0 radical (unpaired) electrons. The number of hydrogen-bond acceptors (Lipinski definition) is 3. The van der Waals surface area contributed by atoms with Crippen LogP contribution >= 0.6 is 0 Å². The first-order chi connectivity index (χ1) is 10.2. The number of rotatable bonds is 2. The Hall–Kier alpha value is -1.75. The number of quaternary nitrogens is 1. The molecule has 0 amide bonds. The van der Waals surface area contributed by atoms with Gasteiger partial charge in [0.2, 0.25) is 0 Å². The van der Waals surface area contributed by atoms with Gasteiger partial charge in [0.25, 0.3) is 0 Å². The molecule has 0 bridgehead atoms. The summed E-state index contributed by atoms with van der Waals surface area (Å²) in [5, 5.41) is 2.34. The van der Waals surface area contributed by atoms with Crippen molar-refractivity contribution in [2.75, 3.05) is 31.1 Å². The number of aryl methyl sites for hydroxylation is 1. The molecule has 5 nitrogen and oxygen atoms in total. The van der Waals surface area contributed by atoms with Crippen LogP contribution in [0.1, 0.15) is 17.9 Å². The standard InChI is InChI=1S/C16H19N3O2/c1-18-12-6-9(14-10-8-11(10)14)7-13(15(12)21-16(18)20)19-4-2-17-3-5-19/h6-7,10-11,14,17H,2-5,8H2,1H3/p+1. The van der Waals surface area contributed by atoms with Crippen LogP contribution < -0.4 is 16.0 Å². The predicted molar refractivity (Wildman–Crippen MR) is 79.7 cm³/mol. The van der Waals surface area contributed by atoms with Crippen molar-refractivity contribution in [2.24, 2.45) is 18.9 Å². The molecule has 2 heterocycles. The molecule has 2 aliphatic carbocycles. The van der Waals surface area contributed by atoms with E-state index in [0.717, 1.165) is 60.7 Å². The van der Waals surface area contributed by atoms with Gasteiger partial charge in [-0.25, -0.2) is 4.79 Å². The molecule has 1 aliphatic heterocycles. The van der Waals surface area contributed by atoms with E-state index in [4.69, 9.17) is 4.42 Å².